The van der Waals surface area contributed by atoms with Crippen molar-refractivity contribution in [2.45, 2.75) is 19.9 Å². The van der Waals surface area contributed by atoms with Crippen molar-refractivity contribution in [3.05, 3.63) is 57.0 Å². The second kappa shape index (κ2) is 5.95. The number of ether oxygens (including phenoxy) is 1. The SMILES string of the molecule is Cc1ccc(Cl)cc1Oc1ccc(Br)cc1C(C)N. The van der Waals surface area contributed by atoms with Crippen LogP contribution in [-0.4, -0.2) is 0 Å². The average Bonchev–Trinajstić information content (AvgIpc) is 2.35. The Morgan fingerprint density at radius 2 is 1.89 bits per heavy atom. The van der Waals surface area contributed by atoms with Gasteiger partial charge < -0.3 is 10.5 Å². The van der Waals surface area contributed by atoms with E-state index in [4.69, 9.17) is 22.1 Å². The van der Waals surface area contributed by atoms with Gasteiger partial charge in [0.25, 0.3) is 0 Å². The molecule has 100 valence electrons. The zero-order valence-electron chi connectivity index (χ0n) is 10.8. The standard InChI is InChI=1S/C15H15BrClNO/c1-9-3-5-12(17)8-15(9)19-14-6-4-11(16)7-13(14)10(2)18/h3-8,10H,18H2,1-2H3. The third kappa shape index (κ3) is 3.50. The molecule has 19 heavy (non-hydrogen) atoms. The van der Waals surface area contributed by atoms with Gasteiger partial charge in [-0.3, -0.25) is 0 Å². The molecule has 2 N–H and O–H groups in total. The number of hydrogen-bond donors (Lipinski definition) is 1. The Labute approximate surface area is 126 Å². The molecule has 0 spiro atoms. The monoisotopic (exact) mass is 339 g/mol. The summed E-state index contributed by atoms with van der Waals surface area (Å²) >= 11 is 9.44. The molecular formula is C15H15BrClNO. The van der Waals surface area contributed by atoms with E-state index in [0.717, 1.165) is 27.1 Å². The van der Waals surface area contributed by atoms with Gasteiger partial charge in [-0.15, -0.1) is 0 Å². The van der Waals surface area contributed by atoms with Gasteiger partial charge in [-0.05, 0) is 49.7 Å². The molecule has 2 rings (SSSR count). The molecule has 2 aromatic carbocycles. The van der Waals surface area contributed by atoms with Crippen LogP contribution in [-0.2, 0) is 0 Å². The predicted octanol–water partition coefficient (Wildman–Crippen LogP) is 5.22. The Kier molecular flexibility index (Phi) is 4.50. The van der Waals surface area contributed by atoms with Crippen LogP contribution >= 0.6 is 27.5 Å². The topological polar surface area (TPSA) is 35.2 Å². The summed E-state index contributed by atoms with van der Waals surface area (Å²) in [4.78, 5) is 0. The maximum Gasteiger partial charge on any atom is 0.132 e. The molecule has 0 amide bonds. The highest BCUT2D eigenvalue weighted by atomic mass is 79.9. The van der Waals surface area contributed by atoms with Gasteiger partial charge >= 0.3 is 0 Å². The molecule has 2 aromatic rings. The first-order valence-corrected chi connectivity index (χ1v) is 7.13. The third-order valence-electron chi connectivity index (χ3n) is 2.83. The maximum atomic E-state index is 6.00. The van der Waals surface area contributed by atoms with Crippen LogP contribution in [0.25, 0.3) is 0 Å². The van der Waals surface area contributed by atoms with Gasteiger partial charge in [0.2, 0.25) is 0 Å². The first-order chi connectivity index (χ1) is 8.97. The van der Waals surface area contributed by atoms with Crippen LogP contribution in [0.1, 0.15) is 24.1 Å². The number of halogens is 2. The predicted molar refractivity (Wildman–Crippen MR) is 83.0 cm³/mol. The summed E-state index contributed by atoms with van der Waals surface area (Å²) in [5.74, 6) is 1.50. The van der Waals surface area contributed by atoms with Crippen molar-refractivity contribution < 1.29 is 4.74 Å². The van der Waals surface area contributed by atoms with E-state index in [1.165, 1.54) is 0 Å². The second-order valence-electron chi connectivity index (χ2n) is 4.48. The van der Waals surface area contributed by atoms with Crippen LogP contribution in [0.5, 0.6) is 11.5 Å². The summed E-state index contributed by atoms with van der Waals surface area (Å²) in [6, 6.07) is 11.3. The molecule has 0 aliphatic carbocycles. The quantitative estimate of drug-likeness (QED) is 0.831. The lowest BCUT2D eigenvalue weighted by molar-refractivity contribution is 0.468. The van der Waals surface area contributed by atoms with Crippen LogP contribution in [0.15, 0.2) is 40.9 Å². The molecule has 0 radical (unpaired) electrons. The van der Waals surface area contributed by atoms with Crippen molar-refractivity contribution in [2.24, 2.45) is 5.73 Å². The summed E-state index contributed by atoms with van der Waals surface area (Å²) in [5, 5.41) is 0.653. The Bertz CT molecular complexity index is 599. The normalized spacial score (nSPS) is 12.3. The molecule has 0 bridgehead atoms. The molecular weight excluding hydrogens is 326 g/mol. The molecule has 0 aliphatic heterocycles. The van der Waals surface area contributed by atoms with E-state index in [9.17, 15) is 0 Å². The van der Waals surface area contributed by atoms with E-state index in [1.807, 2.05) is 50.2 Å². The number of rotatable bonds is 3. The second-order valence-corrected chi connectivity index (χ2v) is 5.83. The zero-order chi connectivity index (χ0) is 14.0. The van der Waals surface area contributed by atoms with E-state index in [1.54, 1.807) is 0 Å². The minimum atomic E-state index is -0.105. The molecule has 0 fully saturated rings. The van der Waals surface area contributed by atoms with Crippen molar-refractivity contribution in [1.82, 2.24) is 0 Å². The van der Waals surface area contributed by atoms with Gasteiger partial charge in [0, 0.05) is 21.1 Å². The van der Waals surface area contributed by atoms with E-state index < -0.39 is 0 Å². The van der Waals surface area contributed by atoms with Gasteiger partial charge in [-0.25, -0.2) is 0 Å². The highest BCUT2D eigenvalue weighted by Gasteiger charge is 2.11. The smallest absolute Gasteiger partial charge is 0.132 e. The van der Waals surface area contributed by atoms with Gasteiger partial charge in [-0.2, -0.15) is 0 Å². The van der Waals surface area contributed by atoms with E-state index in [0.29, 0.717) is 5.02 Å². The van der Waals surface area contributed by atoms with Crippen molar-refractivity contribution in [2.75, 3.05) is 0 Å². The molecule has 0 aromatic heterocycles. The number of benzene rings is 2. The lowest BCUT2D eigenvalue weighted by Gasteiger charge is -2.15. The lowest BCUT2D eigenvalue weighted by atomic mass is 10.1. The molecule has 0 saturated carbocycles. The van der Waals surface area contributed by atoms with Crippen LogP contribution in [0.2, 0.25) is 5.02 Å². The van der Waals surface area contributed by atoms with E-state index >= 15 is 0 Å². The number of aryl methyl sites for hydroxylation is 1. The van der Waals surface area contributed by atoms with Gasteiger partial charge in [0.15, 0.2) is 0 Å². The molecule has 2 nitrogen and oxygen atoms in total. The minimum Gasteiger partial charge on any atom is -0.457 e. The Hall–Kier alpha value is -1.03. The fourth-order valence-corrected chi connectivity index (χ4v) is 2.31. The first-order valence-electron chi connectivity index (χ1n) is 5.96. The number of nitrogens with two attached hydrogens (primary N) is 1. The van der Waals surface area contributed by atoms with Crippen molar-refractivity contribution >= 4 is 27.5 Å². The highest BCUT2D eigenvalue weighted by molar-refractivity contribution is 9.10. The first kappa shape index (κ1) is 14.4. The summed E-state index contributed by atoms with van der Waals surface area (Å²) in [7, 11) is 0. The third-order valence-corrected chi connectivity index (χ3v) is 3.56. The van der Waals surface area contributed by atoms with Gasteiger partial charge in [0.05, 0.1) is 0 Å². The summed E-state index contributed by atoms with van der Waals surface area (Å²) in [5.41, 5.74) is 7.96. The zero-order valence-corrected chi connectivity index (χ0v) is 13.1. The Morgan fingerprint density at radius 3 is 2.58 bits per heavy atom. The Balaban J connectivity index is 2.40. The summed E-state index contributed by atoms with van der Waals surface area (Å²) in [6.45, 7) is 3.91. The van der Waals surface area contributed by atoms with Gasteiger partial charge in [0.1, 0.15) is 11.5 Å². The largest absolute Gasteiger partial charge is 0.457 e. The summed E-state index contributed by atoms with van der Waals surface area (Å²) in [6.07, 6.45) is 0. The van der Waals surface area contributed by atoms with Crippen LogP contribution in [0.3, 0.4) is 0 Å². The van der Waals surface area contributed by atoms with E-state index in [-0.39, 0.29) is 6.04 Å². The maximum absolute atomic E-state index is 6.00. The molecule has 0 saturated heterocycles. The lowest BCUT2D eigenvalue weighted by Crippen LogP contribution is -2.06. The Morgan fingerprint density at radius 1 is 1.16 bits per heavy atom. The van der Waals surface area contributed by atoms with Crippen LogP contribution in [0, 0.1) is 6.92 Å². The summed E-state index contributed by atoms with van der Waals surface area (Å²) < 4.78 is 6.93. The fourth-order valence-electron chi connectivity index (χ4n) is 1.77. The van der Waals surface area contributed by atoms with Crippen molar-refractivity contribution in [3.8, 4) is 11.5 Å². The van der Waals surface area contributed by atoms with Crippen LogP contribution < -0.4 is 10.5 Å². The number of hydrogen-bond acceptors (Lipinski definition) is 2. The minimum absolute atomic E-state index is 0.105. The molecule has 4 heteroatoms. The highest BCUT2D eigenvalue weighted by Crippen LogP contribution is 2.33. The van der Waals surface area contributed by atoms with Gasteiger partial charge in [-0.1, -0.05) is 33.6 Å². The van der Waals surface area contributed by atoms with Crippen molar-refractivity contribution in [1.29, 1.82) is 0 Å². The van der Waals surface area contributed by atoms with Crippen molar-refractivity contribution in [3.63, 3.8) is 0 Å². The molecule has 1 atom stereocenters. The fraction of sp³-hybridized carbons (Fsp3) is 0.200. The average molecular weight is 341 g/mol. The van der Waals surface area contributed by atoms with E-state index in [2.05, 4.69) is 15.9 Å². The molecule has 0 aliphatic rings. The molecule has 1 unspecified atom stereocenters. The molecule has 0 heterocycles. The van der Waals surface area contributed by atoms with Crippen LogP contribution in [0.4, 0.5) is 0 Å².